The van der Waals surface area contributed by atoms with Crippen LogP contribution >= 0.6 is 37.2 Å². The Kier molecular flexibility index (Phi) is 9.87. The van der Waals surface area contributed by atoms with Gasteiger partial charge in [-0.3, -0.25) is 4.90 Å². The van der Waals surface area contributed by atoms with Gasteiger partial charge in [0.15, 0.2) is 0 Å². The Labute approximate surface area is 146 Å². The Morgan fingerprint density at radius 1 is 1.14 bits per heavy atom. The Morgan fingerprint density at radius 3 is 2.67 bits per heavy atom. The van der Waals surface area contributed by atoms with Crippen molar-refractivity contribution < 1.29 is 0 Å². The van der Waals surface area contributed by atoms with Gasteiger partial charge in [-0.2, -0.15) is 0 Å². The van der Waals surface area contributed by atoms with Gasteiger partial charge in [-0.15, -0.1) is 37.2 Å². The third-order valence-electron chi connectivity index (χ3n) is 4.37. The molecule has 21 heavy (non-hydrogen) atoms. The molecule has 3 nitrogen and oxygen atoms in total. The van der Waals surface area contributed by atoms with Gasteiger partial charge in [0, 0.05) is 38.3 Å². The van der Waals surface area contributed by atoms with Crippen molar-refractivity contribution in [2.24, 2.45) is 5.73 Å². The van der Waals surface area contributed by atoms with E-state index in [0.29, 0.717) is 12.1 Å². The highest BCUT2D eigenvalue weighted by atomic mass is 35.5. The predicted molar refractivity (Wildman–Crippen MR) is 96.3 cm³/mol. The number of piperidine rings is 1. The highest BCUT2D eigenvalue weighted by molar-refractivity contribution is 5.86. The molecule has 0 aliphatic carbocycles. The van der Waals surface area contributed by atoms with Crippen LogP contribution in [0.15, 0.2) is 24.3 Å². The number of fused-ring (bicyclic) bond motifs is 3. The van der Waals surface area contributed by atoms with E-state index in [0.717, 1.165) is 13.1 Å². The summed E-state index contributed by atoms with van der Waals surface area (Å²) in [5.41, 5.74) is 8.69. The van der Waals surface area contributed by atoms with Gasteiger partial charge in [-0.1, -0.05) is 24.3 Å². The zero-order chi connectivity index (χ0) is 12.4. The van der Waals surface area contributed by atoms with Gasteiger partial charge < -0.3 is 11.1 Å². The van der Waals surface area contributed by atoms with Crippen LogP contribution in [-0.4, -0.2) is 37.1 Å². The maximum Gasteiger partial charge on any atom is 0.0365 e. The van der Waals surface area contributed by atoms with Crippen molar-refractivity contribution in [3.63, 3.8) is 0 Å². The van der Waals surface area contributed by atoms with Gasteiger partial charge >= 0.3 is 0 Å². The molecular formula is C15H26Cl3N3. The molecule has 6 heteroatoms. The van der Waals surface area contributed by atoms with Crippen LogP contribution in [0.25, 0.3) is 0 Å². The van der Waals surface area contributed by atoms with Gasteiger partial charge in [0.05, 0.1) is 0 Å². The third-order valence-corrected chi connectivity index (χ3v) is 4.37. The standard InChI is InChI=1S/C15H23N3.3ClH/c16-7-8-17-13-6-10-18-9-5-12-3-1-2-4-14(12)15(18)11-13;;;/h1-4,13,15,17H,5-11,16H2;3*1H. The van der Waals surface area contributed by atoms with Gasteiger partial charge in [0.2, 0.25) is 0 Å². The maximum atomic E-state index is 5.58. The van der Waals surface area contributed by atoms with E-state index in [1.54, 1.807) is 11.1 Å². The van der Waals surface area contributed by atoms with E-state index >= 15 is 0 Å². The molecule has 1 aromatic carbocycles. The number of hydrogen-bond donors (Lipinski definition) is 2. The molecule has 0 bridgehead atoms. The molecule has 0 spiro atoms. The van der Waals surface area contributed by atoms with Crippen LogP contribution in [0.5, 0.6) is 0 Å². The second kappa shape index (κ2) is 9.88. The van der Waals surface area contributed by atoms with Gasteiger partial charge in [-0.25, -0.2) is 0 Å². The van der Waals surface area contributed by atoms with Crippen molar-refractivity contribution in [1.29, 1.82) is 0 Å². The van der Waals surface area contributed by atoms with E-state index in [9.17, 15) is 0 Å². The molecule has 0 radical (unpaired) electrons. The fraction of sp³-hybridized carbons (Fsp3) is 0.600. The first kappa shape index (κ1) is 21.0. The minimum absolute atomic E-state index is 0. The summed E-state index contributed by atoms with van der Waals surface area (Å²) in [6.07, 6.45) is 3.71. The first-order valence-electron chi connectivity index (χ1n) is 7.14. The quantitative estimate of drug-likeness (QED) is 0.876. The molecule has 1 aromatic rings. The second-order valence-electron chi connectivity index (χ2n) is 5.46. The summed E-state index contributed by atoms with van der Waals surface area (Å²) in [5.74, 6) is 0. The molecule has 1 saturated heterocycles. The normalized spacial score (nSPS) is 23.7. The third kappa shape index (κ3) is 4.72. The topological polar surface area (TPSA) is 41.3 Å². The lowest BCUT2D eigenvalue weighted by atomic mass is 9.85. The highest BCUT2D eigenvalue weighted by Crippen LogP contribution is 2.36. The second-order valence-corrected chi connectivity index (χ2v) is 5.46. The molecule has 1 fully saturated rings. The molecule has 3 N–H and O–H groups in total. The van der Waals surface area contributed by atoms with Crippen molar-refractivity contribution in [3.8, 4) is 0 Å². The molecular weight excluding hydrogens is 329 g/mol. The van der Waals surface area contributed by atoms with Crippen molar-refractivity contribution in [2.45, 2.75) is 31.3 Å². The first-order valence-corrected chi connectivity index (χ1v) is 7.14. The first-order chi connectivity index (χ1) is 8.88. The number of benzene rings is 1. The smallest absolute Gasteiger partial charge is 0.0365 e. The average molecular weight is 355 g/mol. The van der Waals surface area contributed by atoms with Crippen LogP contribution in [0.1, 0.15) is 30.0 Å². The molecule has 122 valence electrons. The fourth-order valence-electron chi connectivity index (χ4n) is 3.43. The summed E-state index contributed by atoms with van der Waals surface area (Å²) in [6.45, 7) is 4.13. The Hall–Kier alpha value is -0.0300. The predicted octanol–water partition coefficient (Wildman–Crippen LogP) is 2.56. The summed E-state index contributed by atoms with van der Waals surface area (Å²) in [4.78, 5) is 2.66. The molecule has 2 heterocycles. The summed E-state index contributed by atoms with van der Waals surface area (Å²) >= 11 is 0. The molecule has 2 unspecified atom stereocenters. The van der Waals surface area contributed by atoms with Crippen LogP contribution in [-0.2, 0) is 6.42 Å². The minimum atomic E-state index is 0. The van der Waals surface area contributed by atoms with Crippen molar-refractivity contribution in [1.82, 2.24) is 10.2 Å². The number of hydrogen-bond acceptors (Lipinski definition) is 3. The number of nitrogens with two attached hydrogens (primary N) is 1. The lowest BCUT2D eigenvalue weighted by Gasteiger charge is -2.43. The Bertz CT molecular complexity index is 417. The van der Waals surface area contributed by atoms with E-state index in [4.69, 9.17) is 5.73 Å². The zero-order valence-electron chi connectivity index (χ0n) is 12.2. The highest BCUT2D eigenvalue weighted by Gasteiger charge is 2.32. The lowest BCUT2D eigenvalue weighted by molar-refractivity contribution is 0.116. The van der Waals surface area contributed by atoms with E-state index in [-0.39, 0.29) is 37.2 Å². The molecule has 0 amide bonds. The SMILES string of the molecule is Cl.Cl.Cl.NCCNC1CCN2CCc3ccccc3C2C1. The zero-order valence-corrected chi connectivity index (χ0v) is 14.6. The number of nitrogens with one attached hydrogen (secondary N) is 1. The summed E-state index contributed by atoms with van der Waals surface area (Å²) in [6, 6.07) is 10.2. The molecule has 0 saturated carbocycles. The average Bonchev–Trinajstić information content (AvgIpc) is 2.45. The summed E-state index contributed by atoms with van der Waals surface area (Å²) < 4.78 is 0. The van der Waals surface area contributed by atoms with E-state index in [1.807, 2.05) is 0 Å². The van der Waals surface area contributed by atoms with Crippen molar-refractivity contribution in [3.05, 3.63) is 35.4 Å². The van der Waals surface area contributed by atoms with E-state index in [2.05, 4.69) is 34.5 Å². The molecule has 2 aliphatic heterocycles. The van der Waals surface area contributed by atoms with Gasteiger partial charge in [0.25, 0.3) is 0 Å². The molecule has 2 atom stereocenters. The number of nitrogens with zero attached hydrogens (tertiary/aromatic N) is 1. The largest absolute Gasteiger partial charge is 0.329 e. The van der Waals surface area contributed by atoms with Gasteiger partial charge in [0.1, 0.15) is 0 Å². The molecule has 2 aliphatic rings. The van der Waals surface area contributed by atoms with Crippen molar-refractivity contribution in [2.75, 3.05) is 26.2 Å². The summed E-state index contributed by atoms with van der Waals surface area (Å²) in [5, 5.41) is 3.58. The van der Waals surface area contributed by atoms with E-state index in [1.165, 1.54) is 32.4 Å². The van der Waals surface area contributed by atoms with Crippen LogP contribution < -0.4 is 11.1 Å². The van der Waals surface area contributed by atoms with Crippen LogP contribution in [0.4, 0.5) is 0 Å². The lowest BCUT2D eigenvalue weighted by Crippen LogP contribution is -2.47. The minimum Gasteiger partial charge on any atom is -0.329 e. The van der Waals surface area contributed by atoms with Gasteiger partial charge in [-0.05, 0) is 30.4 Å². The Morgan fingerprint density at radius 2 is 1.90 bits per heavy atom. The molecule has 0 aromatic heterocycles. The van der Waals surface area contributed by atoms with Crippen LogP contribution in [0, 0.1) is 0 Å². The summed E-state index contributed by atoms with van der Waals surface area (Å²) in [7, 11) is 0. The van der Waals surface area contributed by atoms with E-state index < -0.39 is 0 Å². The number of rotatable bonds is 3. The van der Waals surface area contributed by atoms with Crippen LogP contribution in [0.2, 0.25) is 0 Å². The monoisotopic (exact) mass is 353 g/mol. The molecule has 3 rings (SSSR count). The fourth-order valence-corrected chi connectivity index (χ4v) is 3.43. The van der Waals surface area contributed by atoms with Crippen LogP contribution in [0.3, 0.4) is 0 Å². The maximum absolute atomic E-state index is 5.58. The van der Waals surface area contributed by atoms with Crippen molar-refractivity contribution >= 4 is 37.2 Å². The number of halogens is 3. The Balaban J connectivity index is 0.00000133.